The molecule has 18 heteroatoms. The van der Waals surface area contributed by atoms with Crippen LogP contribution in [0.25, 0.3) is 28.1 Å². The second-order valence-corrected chi connectivity index (χ2v) is 22.5. The Kier molecular flexibility index (Phi) is 11.0. The number of benzene rings is 3. The van der Waals surface area contributed by atoms with E-state index in [1.807, 2.05) is 68.7 Å². The van der Waals surface area contributed by atoms with Gasteiger partial charge in [0.05, 0.1) is 23.1 Å². The van der Waals surface area contributed by atoms with Gasteiger partial charge in [0, 0.05) is 85.0 Å². The monoisotopic (exact) mass is 949 g/mol. The van der Waals surface area contributed by atoms with E-state index in [4.69, 9.17) is 9.62 Å². The van der Waals surface area contributed by atoms with Gasteiger partial charge in [-0.3, -0.25) is 23.4 Å². The maximum absolute atomic E-state index is 15.5. The van der Waals surface area contributed by atoms with Crippen molar-refractivity contribution in [2.24, 2.45) is 5.92 Å². The number of nitrogens with one attached hydrogen (secondary N) is 2. The van der Waals surface area contributed by atoms with Gasteiger partial charge in [0.15, 0.2) is 5.82 Å². The van der Waals surface area contributed by atoms with Gasteiger partial charge in [-0.15, -0.1) is 0 Å². The van der Waals surface area contributed by atoms with Crippen molar-refractivity contribution < 1.29 is 27.1 Å². The Morgan fingerprint density at radius 1 is 0.956 bits per heavy atom. The van der Waals surface area contributed by atoms with Crippen molar-refractivity contribution in [1.29, 1.82) is 0 Å². The van der Waals surface area contributed by atoms with Gasteiger partial charge >= 0.3 is 11.4 Å². The molecule has 0 radical (unpaired) electrons. The normalized spacial score (nSPS) is 20.5. The molecule has 0 saturated heterocycles. The van der Waals surface area contributed by atoms with Gasteiger partial charge in [-0.1, -0.05) is 32.0 Å². The van der Waals surface area contributed by atoms with Crippen LogP contribution in [0.4, 0.5) is 18.9 Å². The molecule has 3 aliphatic rings. The van der Waals surface area contributed by atoms with Gasteiger partial charge in [0.1, 0.15) is 30.0 Å². The molecule has 3 atom stereocenters. The molecule has 2 N–H and O–H groups in total. The van der Waals surface area contributed by atoms with Crippen LogP contribution in [0.15, 0.2) is 81.1 Å². The number of aromatic amines is 1. The van der Waals surface area contributed by atoms with E-state index in [0.29, 0.717) is 94.8 Å². The van der Waals surface area contributed by atoms with Gasteiger partial charge < -0.3 is 19.3 Å². The first kappa shape index (κ1) is 45.4. The average Bonchev–Trinajstić information content (AvgIpc) is 3.82. The highest BCUT2D eigenvalue weighted by atomic mass is 31.2. The fourth-order valence-corrected chi connectivity index (χ4v) is 13.2. The lowest BCUT2D eigenvalue weighted by Gasteiger charge is -2.34. The summed E-state index contributed by atoms with van der Waals surface area (Å²) in [7, 11) is -0.912. The van der Waals surface area contributed by atoms with Crippen molar-refractivity contribution in [3.8, 4) is 17.2 Å². The number of hydrogen-bond acceptors (Lipinski definition) is 8. The molecule has 356 valence electrons. The second-order valence-electron chi connectivity index (χ2n) is 19.0. The number of imidazole rings is 1. The molecule has 1 amide bonds. The van der Waals surface area contributed by atoms with Crippen molar-refractivity contribution >= 4 is 34.9 Å². The first-order chi connectivity index (χ1) is 32.4. The molecule has 0 bridgehead atoms. The molecule has 14 nitrogen and oxygen atoms in total. The maximum Gasteiger partial charge on any atom is 0.438 e. The summed E-state index contributed by atoms with van der Waals surface area (Å²) in [6, 6.07) is 15.9. The van der Waals surface area contributed by atoms with Crippen molar-refractivity contribution in [2.75, 3.05) is 31.2 Å². The number of H-pyrrole nitrogens is 1. The van der Waals surface area contributed by atoms with Gasteiger partial charge in [0.2, 0.25) is 5.92 Å². The highest BCUT2D eigenvalue weighted by Gasteiger charge is 2.59. The average molecular weight is 950 g/mol. The van der Waals surface area contributed by atoms with Gasteiger partial charge in [-0.2, -0.15) is 5.10 Å². The van der Waals surface area contributed by atoms with Crippen LogP contribution in [0.2, 0.25) is 0 Å². The molecular weight excluding hydrogens is 895 g/mol. The number of alkyl halides is 2. The van der Waals surface area contributed by atoms with Crippen LogP contribution in [0.5, 0.6) is 0 Å². The molecule has 0 spiro atoms. The number of hydrogen-bond donors (Lipinski definition) is 2. The van der Waals surface area contributed by atoms with Crippen molar-refractivity contribution in [3.63, 3.8) is 0 Å². The molecule has 5 heterocycles. The first-order valence-electron chi connectivity index (χ1n) is 23.4. The number of carbonyl (C=O) groups is 1. The lowest BCUT2D eigenvalue weighted by molar-refractivity contribution is -0.0382. The Bertz CT molecular complexity index is 3300. The van der Waals surface area contributed by atoms with Crippen molar-refractivity contribution in [2.45, 2.75) is 103 Å². The van der Waals surface area contributed by atoms with Gasteiger partial charge in [0.25, 0.3) is 5.91 Å². The van der Waals surface area contributed by atoms with Crippen LogP contribution in [0.1, 0.15) is 116 Å². The van der Waals surface area contributed by atoms with Gasteiger partial charge in [-0.05, 0) is 117 Å². The Hall–Kier alpha value is -6.35. The molecule has 1 aliphatic heterocycles. The number of fused-ring (bicyclic) bond motifs is 2. The van der Waals surface area contributed by atoms with Crippen LogP contribution in [0, 0.1) is 25.6 Å². The summed E-state index contributed by atoms with van der Waals surface area (Å²) in [4.78, 5) is 47.3. The SMILES string of the molecule is CCP(=O)(CC)c1ccc(-n2ccn(-c3c4c(nn3-c3cc(C)c(F)c(C)c3)CCN(C(=O)c3cc5cc(C6CCC(F)(F)CC6)ccc5n3C3(c5noc(=O)[nH]5)CC3C)C4C)c2=O)cc1NC. The van der Waals surface area contributed by atoms with E-state index in [1.54, 1.807) is 61.1 Å². The minimum Gasteiger partial charge on any atom is -0.387 e. The van der Waals surface area contributed by atoms with E-state index in [-0.39, 0.29) is 42.9 Å². The van der Waals surface area contributed by atoms with E-state index in [9.17, 15) is 22.9 Å². The number of aromatic nitrogens is 7. The van der Waals surface area contributed by atoms with Crippen LogP contribution in [0.3, 0.4) is 0 Å². The third-order valence-corrected chi connectivity index (χ3v) is 18.4. The molecule has 3 unspecified atom stereocenters. The van der Waals surface area contributed by atoms with Crippen LogP contribution < -0.4 is 22.1 Å². The lowest BCUT2D eigenvalue weighted by atomic mass is 9.82. The Morgan fingerprint density at radius 3 is 2.28 bits per heavy atom. The Labute approximate surface area is 390 Å². The van der Waals surface area contributed by atoms with Crippen LogP contribution in [-0.4, -0.2) is 76.3 Å². The zero-order chi connectivity index (χ0) is 48.2. The molecule has 7 aromatic rings. The zero-order valence-electron chi connectivity index (χ0n) is 39.2. The first-order valence-corrected chi connectivity index (χ1v) is 25.5. The smallest absolute Gasteiger partial charge is 0.387 e. The molecule has 3 aromatic carbocycles. The Balaban J connectivity index is 1.10. The number of nitrogens with zero attached hydrogens (tertiary/aromatic N) is 7. The Morgan fingerprint density at radius 2 is 1.65 bits per heavy atom. The molecule has 4 aromatic heterocycles. The fourth-order valence-electron chi connectivity index (χ4n) is 11.1. The maximum atomic E-state index is 15.5. The van der Waals surface area contributed by atoms with E-state index in [0.717, 1.165) is 21.8 Å². The third-order valence-electron chi connectivity index (χ3n) is 15.1. The minimum atomic E-state index is -2.68. The summed E-state index contributed by atoms with van der Waals surface area (Å²) in [6.45, 7) is 11.4. The number of carbonyl (C=O) groups excluding carboxylic acids is 1. The number of amides is 1. The summed E-state index contributed by atoms with van der Waals surface area (Å²) in [5.41, 5.74) is 4.52. The number of aryl methyl sites for hydroxylation is 2. The zero-order valence-corrected chi connectivity index (χ0v) is 40.1. The molecular formula is C50H55F3N9O5P. The summed E-state index contributed by atoms with van der Waals surface area (Å²) >= 11 is 0. The standard InChI is InChI=1S/C50H55F3N9O5P/c1-8-68(66,9-2)41-13-11-35(26-38(41)54-7)59-20-21-60(48(59)65)44-42-31(6)58(19-16-37(42)56-62(44)36-22-28(3)43(51)29(4)23-36)45(63)40-25-34-24-33(32-14-17-49(52,53)18-15-32)10-12-39(34)61(40)50(27-30(50)5)46-55-47(64)67-57-46/h10-13,20-26,30-32,54H,8-9,14-19,27H2,1-7H3,(H,55,57,64). The summed E-state index contributed by atoms with van der Waals surface area (Å²) in [5, 5.41) is 13.9. The van der Waals surface area contributed by atoms with Crippen LogP contribution >= 0.6 is 7.14 Å². The number of halogens is 3. The quantitative estimate of drug-likeness (QED) is 0.122. The summed E-state index contributed by atoms with van der Waals surface area (Å²) in [6.07, 6.45) is 5.54. The lowest BCUT2D eigenvalue weighted by Crippen LogP contribution is -2.41. The fraction of sp³-hybridized carbons (Fsp3) is 0.420. The molecule has 10 rings (SSSR count). The molecule has 2 saturated carbocycles. The third kappa shape index (κ3) is 7.13. The van der Waals surface area contributed by atoms with E-state index in [1.165, 1.54) is 9.13 Å². The van der Waals surface area contributed by atoms with Crippen molar-refractivity contribution in [3.05, 3.63) is 133 Å². The summed E-state index contributed by atoms with van der Waals surface area (Å²) < 4.78 is 69.1. The predicted molar refractivity (Wildman–Crippen MR) is 255 cm³/mol. The van der Waals surface area contributed by atoms with E-state index >= 15 is 9.18 Å². The van der Waals surface area contributed by atoms with E-state index < -0.39 is 36.1 Å². The van der Waals surface area contributed by atoms with Crippen LogP contribution in [-0.2, 0) is 16.5 Å². The second kappa shape index (κ2) is 16.4. The van der Waals surface area contributed by atoms with E-state index in [2.05, 4.69) is 15.5 Å². The number of anilines is 1. The topological polar surface area (TPSA) is 158 Å². The largest absolute Gasteiger partial charge is 0.438 e. The summed E-state index contributed by atoms with van der Waals surface area (Å²) in [5.74, 6) is -3.47. The molecule has 2 fully saturated rings. The highest BCUT2D eigenvalue weighted by molar-refractivity contribution is 7.71. The number of rotatable bonds is 11. The molecule has 2 aliphatic carbocycles. The van der Waals surface area contributed by atoms with Crippen molar-refractivity contribution in [1.82, 2.24) is 38.5 Å². The minimum absolute atomic E-state index is 0.0532. The molecule has 68 heavy (non-hydrogen) atoms. The van der Waals surface area contributed by atoms with Gasteiger partial charge in [-0.25, -0.2) is 27.4 Å². The highest BCUT2D eigenvalue weighted by Crippen LogP contribution is 2.56. The predicted octanol–water partition coefficient (Wildman–Crippen LogP) is 9.11.